The van der Waals surface area contributed by atoms with Crippen LogP contribution in [0.25, 0.3) is 0 Å². The molecule has 0 radical (unpaired) electrons. The first-order valence-electron chi connectivity index (χ1n) is 6.79. The van der Waals surface area contributed by atoms with Crippen LogP contribution in [0.15, 0.2) is 24.3 Å². The van der Waals surface area contributed by atoms with Crippen LogP contribution in [0.1, 0.15) is 49.0 Å². The lowest BCUT2D eigenvalue weighted by molar-refractivity contribution is -0.0811. The summed E-state index contributed by atoms with van der Waals surface area (Å²) in [6.07, 6.45) is 2.66. The standard InChI is InChI=1S/C16H22O2/c1-4-16(3)11-14(9-10-18-16)15(17)13-7-5-12(2)6-8-13/h5-8,14H,4,9-11H2,1-3H3/t14-,16+/m1/s1. The highest BCUT2D eigenvalue weighted by atomic mass is 16.5. The third kappa shape index (κ3) is 2.81. The Morgan fingerprint density at radius 2 is 2.06 bits per heavy atom. The number of hydrogen-bond donors (Lipinski definition) is 0. The molecule has 0 unspecified atom stereocenters. The third-order valence-corrected chi connectivity index (χ3v) is 4.05. The van der Waals surface area contributed by atoms with Crippen molar-refractivity contribution in [3.8, 4) is 0 Å². The molecule has 2 heteroatoms. The van der Waals surface area contributed by atoms with Crippen molar-refractivity contribution in [1.82, 2.24) is 0 Å². The molecule has 0 bridgehead atoms. The number of aryl methyl sites for hydroxylation is 1. The van der Waals surface area contributed by atoms with Crippen LogP contribution in [-0.4, -0.2) is 18.0 Å². The summed E-state index contributed by atoms with van der Waals surface area (Å²) in [4.78, 5) is 12.5. The van der Waals surface area contributed by atoms with E-state index in [4.69, 9.17) is 4.74 Å². The molecule has 98 valence electrons. The largest absolute Gasteiger partial charge is 0.375 e. The fourth-order valence-electron chi connectivity index (χ4n) is 2.55. The fourth-order valence-corrected chi connectivity index (χ4v) is 2.55. The SMILES string of the molecule is CC[C@@]1(C)C[C@H](C(=O)c2ccc(C)cc2)CCO1. The number of Topliss-reactive ketones (excluding diaryl/α,β-unsaturated/α-hetero) is 1. The molecular formula is C16H22O2. The average Bonchev–Trinajstić information content (AvgIpc) is 2.39. The first-order chi connectivity index (χ1) is 8.54. The molecule has 1 aromatic carbocycles. The molecule has 0 aliphatic carbocycles. The van der Waals surface area contributed by atoms with E-state index in [0.29, 0.717) is 6.61 Å². The lowest BCUT2D eigenvalue weighted by atomic mass is 9.81. The molecule has 1 saturated heterocycles. The number of carbonyl (C=O) groups excluding carboxylic acids is 1. The summed E-state index contributed by atoms with van der Waals surface area (Å²) in [5.74, 6) is 0.393. The van der Waals surface area contributed by atoms with Gasteiger partial charge in [0.1, 0.15) is 0 Å². The molecule has 18 heavy (non-hydrogen) atoms. The Labute approximate surface area is 109 Å². The Hall–Kier alpha value is -1.15. The Balaban J connectivity index is 2.11. The number of rotatable bonds is 3. The molecule has 2 nitrogen and oxygen atoms in total. The van der Waals surface area contributed by atoms with E-state index in [9.17, 15) is 4.79 Å². The van der Waals surface area contributed by atoms with Gasteiger partial charge < -0.3 is 4.74 Å². The second kappa shape index (κ2) is 5.23. The fraction of sp³-hybridized carbons (Fsp3) is 0.562. The smallest absolute Gasteiger partial charge is 0.166 e. The van der Waals surface area contributed by atoms with Crippen molar-refractivity contribution in [2.24, 2.45) is 5.92 Å². The van der Waals surface area contributed by atoms with E-state index in [2.05, 4.69) is 13.8 Å². The van der Waals surface area contributed by atoms with E-state index in [1.165, 1.54) is 5.56 Å². The first kappa shape index (κ1) is 13.3. The normalized spacial score (nSPS) is 28.1. The predicted octanol–water partition coefficient (Wildman–Crippen LogP) is 3.77. The molecule has 0 spiro atoms. The van der Waals surface area contributed by atoms with Gasteiger partial charge in [0.2, 0.25) is 0 Å². The molecular weight excluding hydrogens is 224 g/mol. The minimum atomic E-state index is -0.122. The maximum atomic E-state index is 12.5. The Morgan fingerprint density at radius 3 is 2.67 bits per heavy atom. The zero-order chi connectivity index (χ0) is 13.2. The lowest BCUT2D eigenvalue weighted by Crippen LogP contribution is -2.39. The summed E-state index contributed by atoms with van der Waals surface area (Å²) in [7, 11) is 0. The lowest BCUT2D eigenvalue weighted by Gasteiger charge is -2.37. The van der Waals surface area contributed by atoms with Gasteiger partial charge in [0.15, 0.2) is 5.78 Å². The van der Waals surface area contributed by atoms with Crippen LogP contribution in [0.3, 0.4) is 0 Å². The maximum absolute atomic E-state index is 12.5. The zero-order valence-electron chi connectivity index (χ0n) is 11.5. The molecule has 2 rings (SSSR count). The van der Waals surface area contributed by atoms with E-state index in [1.807, 2.05) is 31.2 Å². The molecule has 0 saturated carbocycles. The average molecular weight is 246 g/mol. The number of ketones is 1. The summed E-state index contributed by atoms with van der Waals surface area (Å²) in [5.41, 5.74) is 1.91. The molecule has 1 aliphatic heterocycles. The number of carbonyl (C=O) groups is 1. The van der Waals surface area contributed by atoms with Crippen LogP contribution >= 0.6 is 0 Å². The number of hydrogen-bond acceptors (Lipinski definition) is 2. The summed E-state index contributed by atoms with van der Waals surface area (Å²) >= 11 is 0. The van der Waals surface area contributed by atoms with E-state index >= 15 is 0 Å². The molecule has 1 aliphatic rings. The molecule has 0 N–H and O–H groups in total. The van der Waals surface area contributed by atoms with Crippen LogP contribution in [0, 0.1) is 12.8 Å². The third-order valence-electron chi connectivity index (χ3n) is 4.05. The van der Waals surface area contributed by atoms with Gasteiger partial charge in [-0.1, -0.05) is 36.8 Å². The summed E-state index contributed by atoms with van der Waals surface area (Å²) in [6.45, 7) is 6.98. The molecule has 1 aromatic rings. The van der Waals surface area contributed by atoms with Crippen LogP contribution in [-0.2, 0) is 4.74 Å². The van der Waals surface area contributed by atoms with Crippen molar-refractivity contribution in [1.29, 1.82) is 0 Å². The zero-order valence-corrected chi connectivity index (χ0v) is 11.5. The van der Waals surface area contributed by atoms with Gasteiger partial charge in [-0.2, -0.15) is 0 Å². The molecule has 1 fully saturated rings. The van der Waals surface area contributed by atoms with Gasteiger partial charge >= 0.3 is 0 Å². The van der Waals surface area contributed by atoms with Crippen molar-refractivity contribution >= 4 is 5.78 Å². The molecule has 2 atom stereocenters. The van der Waals surface area contributed by atoms with Gasteiger partial charge in [0.05, 0.1) is 5.60 Å². The maximum Gasteiger partial charge on any atom is 0.166 e. The van der Waals surface area contributed by atoms with E-state index < -0.39 is 0 Å². The van der Waals surface area contributed by atoms with E-state index in [1.54, 1.807) is 0 Å². The summed E-state index contributed by atoms with van der Waals surface area (Å²) < 4.78 is 5.80. The van der Waals surface area contributed by atoms with Crippen LogP contribution in [0.4, 0.5) is 0 Å². The molecule has 0 aromatic heterocycles. The second-order valence-electron chi connectivity index (χ2n) is 5.57. The Morgan fingerprint density at radius 1 is 1.39 bits per heavy atom. The monoisotopic (exact) mass is 246 g/mol. The van der Waals surface area contributed by atoms with Crippen LogP contribution < -0.4 is 0 Å². The number of benzene rings is 1. The van der Waals surface area contributed by atoms with Crippen molar-refractivity contribution in [2.75, 3.05) is 6.61 Å². The van der Waals surface area contributed by atoms with E-state index in [-0.39, 0.29) is 17.3 Å². The Bertz CT molecular complexity index is 421. The van der Waals surface area contributed by atoms with Gasteiger partial charge in [-0.3, -0.25) is 4.79 Å². The van der Waals surface area contributed by atoms with Crippen LogP contribution in [0.5, 0.6) is 0 Å². The van der Waals surface area contributed by atoms with Gasteiger partial charge in [0, 0.05) is 18.1 Å². The highest BCUT2D eigenvalue weighted by Crippen LogP contribution is 2.33. The van der Waals surface area contributed by atoms with Crippen molar-refractivity contribution < 1.29 is 9.53 Å². The topological polar surface area (TPSA) is 26.3 Å². The molecule has 0 amide bonds. The van der Waals surface area contributed by atoms with Crippen LogP contribution in [0.2, 0.25) is 0 Å². The Kier molecular flexibility index (Phi) is 3.86. The van der Waals surface area contributed by atoms with Crippen molar-refractivity contribution in [2.45, 2.75) is 45.6 Å². The quantitative estimate of drug-likeness (QED) is 0.759. The highest BCUT2D eigenvalue weighted by molar-refractivity contribution is 5.98. The summed E-state index contributed by atoms with van der Waals surface area (Å²) in [5, 5.41) is 0. The highest BCUT2D eigenvalue weighted by Gasteiger charge is 2.35. The van der Waals surface area contributed by atoms with Gasteiger partial charge in [-0.15, -0.1) is 0 Å². The van der Waals surface area contributed by atoms with Crippen molar-refractivity contribution in [3.05, 3.63) is 35.4 Å². The van der Waals surface area contributed by atoms with Gasteiger partial charge in [0.25, 0.3) is 0 Å². The number of ether oxygens (including phenoxy) is 1. The van der Waals surface area contributed by atoms with Gasteiger partial charge in [-0.05, 0) is 33.1 Å². The second-order valence-corrected chi connectivity index (χ2v) is 5.57. The van der Waals surface area contributed by atoms with E-state index in [0.717, 1.165) is 24.8 Å². The minimum Gasteiger partial charge on any atom is -0.375 e. The predicted molar refractivity (Wildman–Crippen MR) is 72.9 cm³/mol. The molecule has 1 heterocycles. The summed E-state index contributed by atoms with van der Waals surface area (Å²) in [6, 6.07) is 7.89. The van der Waals surface area contributed by atoms with Crippen molar-refractivity contribution in [3.63, 3.8) is 0 Å². The minimum absolute atomic E-state index is 0.117. The first-order valence-corrected chi connectivity index (χ1v) is 6.79. The van der Waals surface area contributed by atoms with Gasteiger partial charge in [-0.25, -0.2) is 0 Å².